The first kappa shape index (κ1) is 19.5. The van der Waals surface area contributed by atoms with E-state index in [1.807, 2.05) is 69.3 Å². The monoisotopic (exact) mass is 400 g/mol. The number of aromatic nitrogens is 1. The quantitative estimate of drug-likeness (QED) is 0.537. The second-order valence-corrected chi connectivity index (χ2v) is 7.79. The van der Waals surface area contributed by atoms with Gasteiger partial charge in [-0.15, -0.1) is 11.8 Å². The van der Waals surface area contributed by atoms with Gasteiger partial charge >= 0.3 is 0 Å². The van der Waals surface area contributed by atoms with Crippen molar-refractivity contribution < 1.29 is 9.32 Å². The molecule has 4 nitrogen and oxygen atoms in total. The molecular weight excluding hydrogens is 380 g/mol. The molecular formula is C21H21ClN2O2S. The van der Waals surface area contributed by atoms with Gasteiger partial charge < -0.3 is 9.84 Å². The molecule has 6 heteroatoms. The lowest BCUT2D eigenvalue weighted by atomic mass is 10.1. The highest BCUT2D eigenvalue weighted by Gasteiger charge is 2.16. The molecule has 0 saturated heterocycles. The van der Waals surface area contributed by atoms with Gasteiger partial charge in [-0.2, -0.15) is 0 Å². The first-order chi connectivity index (χ1) is 13.0. The molecule has 1 heterocycles. The molecule has 1 unspecified atom stereocenters. The molecule has 140 valence electrons. The van der Waals surface area contributed by atoms with Crippen molar-refractivity contribution in [3.8, 4) is 0 Å². The third kappa shape index (κ3) is 4.73. The average molecular weight is 401 g/mol. The fourth-order valence-corrected chi connectivity index (χ4v) is 4.17. The highest BCUT2D eigenvalue weighted by molar-refractivity contribution is 7.98. The minimum absolute atomic E-state index is 0.107. The number of rotatable bonds is 6. The summed E-state index contributed by atoms with van der Waals surface area (Å²) in [6.45, 7) is 5.78. The molecule has 0 spiro atoms. The smallest absolute Gasteiger partial charge is 0.252 e. The Morgan fingerprint density at radius 2 is 2.00 bits per heavy atom. The molecule has 0 saturated carbocycles. The number of hydrogen-bond acceptors (Lipinski definition) is 4. The van der Waals surface area contributed by atoms with E-state index >= 15 is 0 Å². The molecule has 3 rings (SSSR count). The highest BCUT2D eigenvalue weighted by Crippen LogP contribution is 2.29. The topological polar surface area (TPSA) is 55.1 Å². The lowest BCUT2D eigenvalue weighted by Crippen LogP contribution is -2.27. The number of benzene rings is 2. The van der Waals surface area contributed by atoms with E-state index in [0.717, 1.165) is 27.5 Å². The van der Waals surface area contributed by atoms with E-state index in [2.05, 4.69) is 10.5 Å². The zero-order valence-corrected chi connectivity index (χ0v) is 17.0. The van der Waals surface area contributed by atoms with Gasteiger partial charge in [0, 0.05) is 21.2 Å². The van der Waals surface area contributed by atoms with Gasteiger partial charge in [0.2, 0.25) is 0 Å². The fraction of sp³-hybridized carbons (Fsp3) is 0.238. The summed E-state index contributed by atoms with van der Waals surface area (Å²) in [6, 6.07) is 15.0. The zero-order chi connectivity index (χ0) is 19.4. The standard InChI is InChI=1S/C21H21ClN2O2S/c1-13(16-7-6-8-17(22)11-16)23-21(25)18-9-4-5-10-20(18)27-12-19-14(2)24-26-15(19)3/h4-11,13H,12H2,1-3H3,(H,23,25). The Balaban J connectivity index is 1.73. The van der Waals surface area contributed by atoms with Crippen LogP contribution in [0.2, 0.25) is 5.02 Å². The van der Waals surface area contributed by atoms with Crippen LogP contribution >= 0.6 is 23.4 Å². The van der Waals surface area contributed by atoms with Gasteiger partial charge in [-0.25, -0.2) is 0 Å². The molecule has 27 heavy (non-hydrogen) atoms. The lowest BCUT2D eigenvalue weighted by molar-refractivity contribution is 0.0937. The van der Waals surface area contributed by atoms with E-state index in [0.29, 0.717) is 16.3 Å². The number of thioether (sulfide) groups is 1. The molecule has 1 aromatic heterocycles. The Morgan fingerprint density at radius 1 is 1.22 bits per heavy atom. The molecule has 0 radical (unpaired) electrons. The zero-order valence-electron chi connectivity index (χ0n) is 15.5. The number of carbonyl (C=O) groups excluding carboxylic acids is 1. The largest absolute Gasteiger partial charge is 0.361 e. The van der Waals surface area contributed by atoms with E-state index in [4.69, 9.17) is 16.1 Å². The SMILES string of the molecule is Cc1noc(C)c1CSc1ccccc1C(=O)NC(C)c1cccc(Cl)c1. The van der Waals surface area contributed by atoms with Crippen LogP contribution in [0.1, 0.15) is 45.9 Å². The van der Waals surface area contributed by atoms with E-state index in [-0.39, 0.29) is 11.9 Å². The summed E-state index contributed by atoms with van der Waals surface area (Å²) >= 11 is 7.66. The Hall–Kier alpha value is -2.24. The minimum atomic E-state index is -0.142. The van der Waals surface area contributed by atoms with Crippen molar-refractivity contribution >= 4 is 29.3 Å². The summed E-state index contributed by atoms with van der Waals surface area (Å²) in [5.74, 6) is 1.41. The second kappa shape index (κ2) is 8.63. The molecule has 0 aliphatic rings. The van der Waals surface area contributed by atoms with Crippen LogP contribution in [-0.4, -0.2) is 11.1 Å². The summed E-state index contributed by atoms with van der Waals surface area (Å²) in [4.78, 5) is 13.8. The molecule has 0 fully saturated rings. The van der Waals surface area contributed by atoms with Crippen molar-refractivity contribution in [3.05, 3.63) is 81.7 Å². The van der Waals surface area contributed by atoms with Crippen molar-refractivity contribution in [1.82, 2.24) is 10.5 Å². The Bertz CT molecular complexity index is 935. The molecule has 3 aromatic rings. The van der Waals surface area contributed by atoms with Crippen molar-refractivity contribution in [2.24, 2.45) is 0 Å². The number of hydrogen-bond donors (Lipinski definition) is 1. The molecule has 0 aliphatic heterocycles. The van der Waals surface area contributed by atoms with Crippen molar-refractivity contribution in [2.45, 2.75) is 37.5 Å². The van der Waals surface area contributed by atoms with Crippen LogP contribution in [0.5, 0.6) is 0 Å². The molecule has 1 atom stereocenters. The predicted octanol–water partition coefficient (Wildman–Crippen LogP) is 5.73. The Kier molecular flexibility index (Phi) is 6.24. The Morgan fingerprint density at radius 3 is 2.70 bits per heavy atom. The number of halogens is 1. The minimum Gasteiger partial charge on any atom is -0.361 e. The summed E-state index contributed by atoms with van der Waals surface area (Å²) in [5.41, 5.74) is 3.58. The third-order valence-corrected chi connectivity index (χ3v) is 5.72. The van der Waals surface area contributed by atoms with Crippen LogP contribution < -0.4 is 5.32 Å². The van der Waals surface area contributed by atoms with Crippen molar-refractivity contribution in [1.29, 1.82) is 0 Å². The Labute approximate surface area is 168 Å². The normalized spacial score (nSPS) is 12.0. The number of nitrogens with zero attached hydrogens (tertiary/aromatic N) is 1. The average Bonchev–Trinajstić information content (AvgIpc) is 2.98. The summed E-state index contributed by atoms with van der Waals surface area (Å²) < 4.78 is 5.22. The van der Waals surface area contributed by atoms with Gasteiger partial charge in [0.15, 0.2) is 0 Å². The molecule has 2 aromatic carbocycles. The van der Waals surface area contributed by atoms with E-state index in [9.17, 15) is 4.79 Å². The third-order valence-electron chi connectivity index (χ3n) is 4.38. The number of nitrogens with one attached hydrogen (secondary N) is 1. The van der Waals surface area contributed by atoms with Gasteiger partial charge in [0.1, 0.15) is 5.76 Å². The van der Waals surface area contributed by atoms with Crippen LogP contribution in [-0.2, 0) is 5.75 Å². The first-order valence-electron chi connectivity index (χ1n) is 8.65. The second-order valence-electron chi connectivity index (χ2n) is 6.34. The van der Waals surface area contributed by atoms with Gasteiger partial charge in [0.05, 0.1) is 17.3 Å². The van der Waals surface area contributed by atoms with Gasteiger partial charge in [-0.3, -0.25) is 4.79 Å². The number of aryl methyl sites for hydroxylation is 2. The molecule has 1 N–H and O–H groups in total. The van der Waals surface area contributed by atoms with Crippen molar-refractivity contribution in [2.75, 3.05) is 0 Å². The predicted molar refractivity (Wildman–Crippen MR) is 109 cm³/mol. The van der Waals surface area contributed by atoms with Crippen LogP contribution in [0.25, 0.3) is 0 Å². The summed E-state index contributed by atoms with van der Waals surface area (Å²) in [5, 5.41) is 7.70. The van der Waals surface area contributed by atoms with Gasteiger partial charge in [0.25, 0.3) is 5.91 Å². The van der Waals surface area contributed by atoms with Gasteiger partial charge in [-0.05, 0) is 50.6 Å². The van der Waals surface area contributed by atoms with Crippen LogP contribution in [0.15, 0.2) is 57.9 Å². The molecule has 1 amide bonds. The van der Waals surface area contributed by atoms with Gasteiger partial charge in [-0.1, -0.05) is 41.0 Å². The van der Waals surface area contributed by atoms with Crippen molar-refractivity contribution in [3.63, 3.8) is 0 Å². The maximum absolute atomic E-state index is 12.8. The molecule has 0 bridgehead atoms. The fourth-order valence-electron chi connectivity index (χ4n) is 2.77. The van der Waals surface area contributed by atoms with E-state index in [1.54, 1.807) is 11.8 Å². The summed E-state index contributed by atoms with van der Waals surface area (Å²) in [6.07, 6.45) is 0. The van der Waals surface area contributed by atoms with E-state index < -0.39 is 0 Å². The highest BCUT2D eigenvalue weighted by atomic mass is 35.5. The van der Waals surface area contributed by atoms with Crippen LogP contribution in [0.4, 0.5) is 0 Å². The maximum atomic E-state index is 12.8. The molecule has 0 aliphatic carbocycles. The van der Waals surface area contributed by atoms with Crippen LogP contribution in [0, 0.1) is 13.8 Å². The van der Waals surface area contributed by atoms with E-state index in [1.165, 1.54) is 0 Å². The first-order valence-corrected chi connectivity index (χ1v) is 10.0. The van der Waals surface area contributed by atoms with Crippen LogP contribution in [0.3, 0.4) is 0 Å². The lowest BCUT2D eigenvalue weighted by Gasteiger charge is -2.16. The maximum Gasteiger partial charge on any atom is 0.252 e. The number of carbonyl (C=O) groups is 1. The number of amides is 1. The summed E-state index contributed by atoms with van der Waals surface area (Å²) in [7, 11) is 0.